The van der Waals surface area contributed by atoms with Crippen molar-refractivity contribution in [2.24, 2.45) is 0 Å². The zero-order valence-corrected chi connectivity index (χ0v) is 6.54. The molecule has 0 amide bonds. The second-order valence-corrected chi connectivity index (χ2v) is 2.40. The second-order valence-electron chi connectivity index (χ2n) is 2.40. The molecule has 11 heavy (non-hydrogen) atoms. The third kappa shape index (κ3) is 2.37. The fourth-order valence-corrected chi connectivity index (χ4v) is 0.988. The molecule has 0 bridgehead atoms. The molecule has 1 aromatic rings. The minimum atomic E-state index is 0.835. The summed E-state index contributed by atoms with van der Waals surface area (Å²) in [5.74, 6) is 0. The number of hydrogen-bond acceptors (Lipinski definition) is 2. The highest BCUT2D eigenvalue weighted by Gasteiger charge is 1.94. The fraction of sp³-hybridized carbons (Fsp3) is 0.250. The Morgan fingerprint density at radius 2 is 2.36 bits per heavy atom. The predicted octanol–water partition coefficient (Wildman–Crippen LogP) is -0.357. The number of benzene rings is 1. The van der Waals surface area contributed by atoms with Crippen LogP contribution in [0, 0.1) is 0 Å². The van der Waals surface area contributed by atoms with Crippen molar-refractivity contribution in [1.82, 2.24) is 5.32 Å². The van der Waals surface area contributed by atoms with Gasteiger partial charge in [0.25, 0.3) is 0 Å². The summed E-state index contributed by atoms with van der Waals surface area (Å²) in [6, 6.07) is 7.74. The molecule has 0 aromatic heterocycles. The molecule has 1 rings (SSSR count). The van der Waals surface area contributed by atoms with Crippen LogP contribution < -0.4 is 10.8 Å². The van der Waals surface area contributed by atoms with E-state index in [9.17, 15) is 0 Å². The first-order chi connectivity index (χ1) is 5.36. The number of nitrogens with one attached hydrogen (secondary N) is 1. The third-order valence-corrected chi connectivity index (χ3v) is 1.48. The summed E-state index contributed by atoms with van der Waals surface area (Å²) in [7, 11) is 3.01. The van der Waals surface area contributed by atoms with Gasteiger partial charge in [0.2, 0.25) is 0 Å². The van der Waals surface area contributed by atoms with Crippen LogP contribution in [0.4, 0.5) is 0 Å². The Hall–Kier alpha value is -0.795. The van der Waals surface area contributed by atoms with Gasteiger partial charge in [0, 0.05) is 6.54 Å². The highest BCUT2D eigenvalue weighted by molar-refractivity contribution is 6.45. The van der Waals surface area contributed by atoms with Crippen molar-refractivity contribution >= 4 is 12.9 Å². The Balaban J connectivity index is 2.74. The molecular weight excluding hydrogens is 137 g/mol. The largest absolute Gasteiger partial charge is 0.450 e. The lowest BCUT2D eigenvalue weighted by molar-refractivity contribution is 0.615. The summed E-state index contributed by atoms with van der Waals surface area (Å²) in [6.45, 7) is 0.835. The molecule has 0 saturated carbocycles. The van der Waals surface area contributed by atoms with Crippen LogP contribution in [-0.4, -0.2) is 19.6 Å². The maximum absolute atomic E-state index is 8.68. The lowest BCUT2D eigenvalue weighted by Gasteiger charge is -2.00. The van der Waals surface area contributed by atoms with Gasteiger partial charge in [-0.05, 0) is 12.6 Å². The van der Waals surface area contributed by atoms with E-state index in [1.54, 1.807) is 0 Å². The lowest BCUT2D eigenvalue weighted by atomic mass is 9.88. The van der Waals surface area contributed by atoms with Gasteiger partial charge < -0.3 is 10.3 Å². The second kappa shape index (κ2) is 4.16. The molecule has 0 saturated heterocycles. The first-order valence-electron chi connectivity index (χ1n) is 3.58. The highest BCUT2D eigenvalue weighted by Crippen LogP contribution is 1.94. The van der Waals surface area contributed by atoms with E-state index in [2.05, 4.69) is 5.32 Å². The zero-order chi connectivity index (χ0) is 8.10. The van der Waals surface area contributed by atoms with E-state index >= 15 is 0 Å². The summed E-state index contributed by atoms with van der Waals surface area (Å²) in [5, 5.41) is 11.7. The van der Waals surface area contributed by atoms with Crippen molar-refractivity contribution in [1.29, 1.82) is 0 Å². The molecule has 0 aliphatic heterocycles. The van der Waals surface area contributed by atoms with E-state index in [1.165, 1.54) is 5.56 Å². The van der Waals surface area contributed by atoms with Gasteiger partial charge in [-0.3, -0.25) is 0 Å². The van der Waals surface area contributed by atoms with Gasteiger partial charge in [0.1, 0.15) is 0 Å². The van der Waals surface area contributed by atoms with Crippen molar-refractivity contribution in [2.75, 3.05) is 7.05 Å². The zero-order valence-electron chi connectivity index (χ0n) is 6.54. The van der Waals surface area contributed by atoms with Crippen LogP contribution in [0.3, 0.4) is 0 Å². The molecule has 3 heteroatoms. The summed E-state index contributed by atoms with van der Waals surface area (Å²) < 4.78 is 0. The van der Waals surface area contributed by atoms with Crippen molar-refractivity contribution in [3.05, 3.63) is 29.8 Å². The molecule has 0 aliphatic carbocycles. The maximum atomic E-state index is 8.68. The summed E-state index contributed by atoms with van der Waals surface area (Å²) in [6.07, 6.45) is 0. The van der Waals surface area contributed by atoms with Crippen molar-refractivity contribution < 1.29 is 5.02 Å². The Labute approximate surface area is 67.5 Å². The van der Waals surface area contributed by atoms with Gasteiger partial charge in [-0.25, -0.2) is 0 Å². The van der Waals surface area contributed by atoms with Crippen molar-refractivity contribution in [2.45, 2.75) is 6.54 Å². The van der Waals surface area contributed by atoms with Gasteiger partial charge in [0.05, 0.1) is 0 Å². The van der Waals surface area contributed by atoms with Crippen LogP contribution >= 0.6 is 0 Å². The molecule has 1 radical (unpaired) electrons. The highest BCUT2D eigenvalue weighted by atomic mass is 16.2. The average Bonchev–Trinajstić information content (AvgIpc) is 2.06. The normalized spacial score (nSPS) is 9.64. The summed E-state index contributed by atoms with van der Waals surface area (Å²) in [4.78, 5) is 0. The maximum Gasteiger partial charge on any atom is 0.326 e. The molecule has 0 aliphatic rings. The number of hydrogen-bond donors (Lipinski definition) is 2. The van der Waals surface area contributed by atoms with Crippen LogP contribution in [0.1, 0.15) is 5.56 Å². The van der Waals surface area contributed by atoms with Gasteiger partial charge >= 0.3 is 7.48 Å². The Bertz CT molecular complexity index is 227. The molecule has 1 aromatic carbocycles. The van der Waals surface area contributed by atoms with Gasteiger partial charge in [-0.1, -0.05) is 29.7 Å². The predicted molar refractivity (Wildman–Crippen MR) is 46.8 cm³/mol. The average molecular weight is 148 g/mol. The Morgan fingerprint density at radius 1 is 1.55 bits per heavy atom. The number of rotatable bonds is 3. The van der Waals surface area contributed by atoms with E-state index in [-0.39, 0.29) is 0 Å². The van der Waals surface area contributed by atoms with Crippen LogP contribution in [0.15, 0.2) is 24.3 Å². The standard InChI is InChI=1S/C8H11BNO/c1-10-6-7-3-2-4-8(5-7)9-11/h2-5,10-11H,6H2,1H3. The molecule has 57 valence electrons. The quantitative estimate of drug-likeness (QED) is 0.574. The van der Waals surface area contributed by atoms with Gasteiger partial charge in [-0.15, -0.1) is 0 Å². The van der Waals surface area contributed by atoms with Gasteiger partial charge in [-0.2, -0.15) is 0 Å². The van der Waals surface area contributed by atoms with E-state index in [1.807, 2.05) is 31.3 Å². The molecule has 2 N–H and O–H groups in total. The molecule has 0 spiro atoms. The summed E-state index contributed by atoms with van der Waals surface area (Å²) >= 11 is 0. The Kier molecular flexibility index (Phi) is 3.14. The molecule has 0 fully saturated rings. The van der Waals surface area contributed by atoms with Crippen LogP contribution in [0.2, 0.25) is 0 Å². The monoisotopic (exact) mass is 148 g/mol. The van der Waals surface area contributed by atoms with Crippen LogP contribution in [0.5, 0.6) is 0 Å². The molecule has 0 unspecified atom stereocenters. The third-order valence-electron chi connectivity index (χ3n) is 1.48. The van der Waals surface area contributed by atoms with Crippen LogP contribution in [-0.2, 0) is 6.54 Å². The molecule has 0 heterocycles. The molecular formula is C8H11BNO. The topological polar surface area (TPSA) is 32.3 Å². The van der Waals surface area contributed by atoms with Crippen LogP contribution in [0.25, 0.3) is 0 Å². The SMILES string of the molecule is CNCc1cccc([B]O)c1. The first kappa shape index (κ1) is 8.30. The van der Waals surface area contributed by atoms with E-state index < -0.39 is 0 Å². The minimum Gasteiger partial charge on any atom is -0.450 e. The van der Waals surface area contributed by atoms with Gasteiger partial charge in [0.15, 0.2) is 0 Å². The fourth-order valence-electron chi connectivity index (χ4n) is 0.988. The first-order valence-corrected chi connectivity index (χ1v) is 3.58. The van der Waals surface area contributed by atoms with E-state index in [0.29, 0.717) is 0 Å². The minimum absolute atomic E-state index is 0.835. The Morgan fingerprint density at radius 3 is 3.00 bits per heavy atom. The van der Waals surface area contributed by atoms with E-state index in [0.717, 1.165) is 19.5 Å². The van der Waals surface area contributed by atoms with Crippen molar-refractivity contribution in [3.63, 3.8) is 0 Å². The summed E-state index contributed by atoms with van der Waals surface area (Å²) in [5.41, 5.74) is 2.02. The van der Waals surface area contributed by atoms with E-state index in [4.69, 9.17) is 5.02 Å². The molecule has 0 atom stereocenters. The molecule has 2 nitrogen and oxygen atoms in total. The smallest absolute Gasteiger partial charge is 0.326 e. The lowest BCUT2D eigenvalue weighted by Crippen LogP contribution is -2.15. The van der Waals surface area contributed by atoms with Crippen molar-refractivity contribution in [3.8, 4) is 0 Å².